The van der Waals surface area contributed by atoms with Crippen molar-refractivity contribution in [1.29, 1.82) is 0 Å². The molecule has 0 nitrogen and oxygen atoms in total. The van der Waals surface area contributed by atoms with Crippen molar-refractivity contribution >= 4 is 6.08 Å². The van der Waals surface area contributed by atoms with Gasteiger partial charge in [0.05, 0.1) is 0 Å². The molecule has 0 spiro atoms. The van der Waals surface area contributed by atoms with Gasteiger partial charge in [0.2, 0.25) is 0 Å². The summed E-state index contributed by atoms with van der Waals surface area (Å²) < 4.78 is 0. The van der Waals surface area contributed by atoms with Crippen LogP contribution in [0.1, 0.15) is 58.7 Å². The molecule has 1 unspecified atom stereocenters. The van der Waals surface area contributed by atoms with E-state index >= 15 is 0 Å². The van der Waals surface area contributed by atoms with Gasteiger partial charge in [-0.25, -0.2) is 6.08 Å². The molecule has 0 saturated carbocycles. The summed E-state index contributed by atoms with van der Waals surface area (Å²) in [5.41, 5.74) is 10.1. The van der Waals surface area contributed by atoms with Gasteiger partial charge >= 0.3 is 0 Å². The fraction of sp³-hybridized carbons (Fsp3) is 0.409. The first-order chi connectivity index (χ1) is 10.3. The zero-order chi connectivity index (χ0) is 16.4. The molecule has 0 aliphatic heterocycles. The molecule has 0 amide bonds. The van der Waals surface area contributed by atoms with Gasteiger partial charge in [-0.2, -0.15) is 33.4 Å². The second kappa shape index (κ2) is 8.33. The van der Waals surface area contributed by atoms with Crippen LogP contribution >= 0.6 is 0 Å². The maximum atomic E-state index is 3.40. The van der Waals surface area contributed by atoms with E-state index in [-0.39, 0.29) is 25.8 Å². The van der Waals surface area contributed by atoms with E-state index in [0.717, 1.165) is 0 Å². The van der Waals surface area contributed by atoms with Crippen LogP contribution in [0.15, 0.2) is 24.3 Å². The SMILES string of the molecule is CC(C)C1[C-]=Cc2ccccc21.Cc1c(C)c(C)[c-](C)c1C.[Hf]. The zero-order valence-electron chi connectivity index (χ0n) is 15.5. The Bertz CT molecular complexity index is 606. The molecular formula is C22H28Hf-2. The van der Waals surface area contributed by atoms with Gasteiger partial charge < -0.3 is 0 Å². The fourth-order valence-electron chi connectivity index (χ4n) is 3.15. The van der Waals surface area contributed by atoms with Crippen molar-refractivity contribution in [2.24, 2.45) is 5.92 Å². The van der Waals surface area contributed by atoms with Crippen molar-refractivity contribution in [3.05, 3.63) is 69.3 Å². The molecule has 2 aromatic carbocycles. The summed E-state index contributed by atoms with van der Waals surface area (Å²) in [6, 6.07) is 8.55. The summed E-state index contributed by atoms with van der Waals surface area (Å²) in [6.45, 7) is 15.5. The summed E-state index contributed by atoms with van der Waals surface area (Å²) in [5, 5.41) is 0. The molecule has 0 aromatic heterocycles. The maximum absolute atomic E-state index is 3.40. The van der Waals surface area contributed by atoms with Gasteiger partial charge in [-0.1, -0.05) is 78.5 Å². The van der Waals surface area contributed by atoms with E-state index in [1.807, 2.05) is 0 Å². The molecule has 0 saturated heterocycles. The minimum Gasteiger partial charge on any atom is -0.268 e. The van der Waals surface area contributed by atoms with Gasteiger partial charge in [-0.15, -0.1) is 11.6 Å². The topological polar surface area (TPSA) is 0 Å². The summed E-state index contributed by atoms with van der Waals surface area (Å²) in [5.74, 6) is 1.17. The Hall–Kier alpha value is -0.820. The summed E-state index contributed by atoms with van der Waals surface area (Å²) in [4.78, 5) is 0. The number of fused-ring (bicyclic) bond motifs is 1. The third kappa shape index (κ3) is 4.18. The van der Waals surface area contributed by atoms with Crippen molar-refractivity contribution in [3.63, 3.8) is 0 Å². The molecule has 1 heteroatoms. The molecule has 0 N–H and O–H groups in total. The molecule has 0 radical (unpaired) electrons. The molecule has 0 bridgehead atoms. The van der Waals surface area contributed by atoms with Crippen LogP contribution in [0.4, 0.5) is 0 Å². The number of benzene rings is 1. The van der Waals surface area contributed by atoms with Crippen LogP contribution in [-0.2, 0) is 25.8 Å². The molecular weight excluding hydrogens is 443 g/mol. The fourth-order valence-corrected chi connectivity index (χ4v) is 3.15. The number of hydrogen-bond donors (Lipinski definition) is 0. The Balaban J connectivity index is 0.000000224. The molecule has 23 heavy (non-hydrogen) atoms. The molecule has 3 rings (SSSR count). The minimum atomic E-state index is 0. The van der Waals surface area contributed by atoms with Crippen LogP contribution in [0, 0.1) is 46.6 Å². The Morgan fingerprint density at radius 2 is 1.48 bits per heavy atom. The molecule has 1 aliphatic rings. The van der Waals surface area contributed by atoms with Gasteiger partial charge in [0.1, 0.15) is 0 Å². The van der Waals surface area contributed by atoms with Gasteiger partial charge in [-0.3, -0.25) is 6.08 Å². The van der Waals surface area contributed by atoms with Crippen molar-refractivity contribution < 1.29 is 25.8 Å². The standard InChI is InChI=1S/C12H13.C10H15.Hf/c1-9(2)11-8-7-10-5-3-4-6-12(10)11;1-6-7(2)9(4)10(5)8(6)3;/h3-7,9,11H,1-2H3;1-5H3;/q2*-1;. The van der Waals surface area contributed by atoms with Gasteiger partial charge in [0, 0.05) is 25.8 Å². The van der Waals surface area contributed by atoms with Gasteiger partial charge in [0.25, 0.3) is 0 Å². The second-order valence-electron chi connectivity index (χ2n) is 6.79. The number of rotatable bonds is 1. The van der Waals surface area contributed by atoms with Gasteiger partial charge in [0.15, 0.2) is 0 Å². The van der Waals surface area contributed by atoms with Crippen LogP contribution in [-0.4, -0.2) is 0 Å². The predicted octanol–water partition coefficient (Wildman–Crippen LogP) is 6.20. The van der Waals surface area contributed by atoms with E-state index in [0.29, 0.717) is 11.8 Å². The first kappa shape index (κ1) is 20.2. The van der Waals surface area contributed by atoms with E-state index < -0.39 is 0 Å². The number of allylic oxidation sites excluding steroid dienone is 1. The Labute approximate surface area is 161 Å². The van der Waals surface area contributed by atoms with Gasteiger partial charge in [-0.05, 0) is 0 Å². The number of hydrogen-bond acceptors (Lipinski definition) is 0. The summed E-state index contributed by atoms with van der Waals surface area (Å²) >= 11 is 0. The summed E-state index contributed by atoms with van der Waals surface area (Å²) in [7, 11) is 0. The monoisotopic (exact) mass is 472 g/mol. The van der Waals surface area contributed by atoms with Crippen LogP contribution in [0.2, 0.25) is 0 Å². The molecule has 1 atom stereocenters. The molecule has 0 fully saturated rings. The third-order valence-electron chi connectivity index (χ3n) is 5.23. The van der Waals surface area contributed by atoms with Crippen LogP contribution in [0.5, 0.6) is 0 Å². The van der Waals surface area contributed by atoms with Crippen LogP contribution in [0.25, 0.3) is 6.08 Å². The molecule has 122 valence electrons. The first-order valence-corrected chi connectivity index (χ1v) is 8.22. The molecule has 2 aromatic rings. The average molecular weight is 471 g/mol. The smallest absolute Gasteiger partial charge is 0 e. The van der Waals surface area contributed by atoms with E-state index in [1.165, 1.54) is 38.9 Å². The van der Waals surface area contributed by atoms with Crippen LogP contribution < -0.4 is 0 Å². The first-order valence-electron chi connectivity index (χ1n) is 8.22. The van der Waals surface area contributed by atoms with Crippen molar-refractivity contribution in [2.45, 2.75) is 54.4 Å². The Morgan fingerprint density at radius 3 is 1.91 bits per heavy atom. The van der Waals surface area contributed by atoms with E-state index in [4.69, 9.17) is 0 Å². The summed E-state index contributed by atoms with van der Waals surface area (Å²) in [6.07, 6.45) is 5.51. The maximum Gasteiger partial charge on any atom is 0 e. The van der Waals surface area contributed by atoms with Crippen molar-refractivity contribution in [1.82, 2.24) is 0 Å². The Kier molecular flexibility index (Phi) is 7.32. The predicted molar refractivity (Wildman–Crippen MR) is 97.4 cm³/mol. The third-order valence-corrected chi connectivity index (χ3v) is 5.23. The second-order valence-corrected chi connectivity index (χ2v) is 6.79. The molecule has 0 heterocycles. The Morgan fingerprint density at radius 1 is 0.957 bits per heavy atom. The minimum absolute atomic E-state index is 0. The average Bonchev–Trinajstić information content (AvgIpc) is 3.01. The quantitative estimate of drug-likeness (QED) is 0.344. The van der Waals surface area contributed by atoms with E-state index in [2.05, 4.69) is 84.9 Å². The van der Waals surface area contributed by atoms with Crippen molar-refractivity contribution in [3.8, 4) is 0 Å². The van der Waals surface area contributed by atoms with Crippen molar-refractivity contribution in [2.75, 3.05) is 0 Å². The van der Waals surface area contributed by atoms with E-state index in [1.54, 1.807) is 0 Å². The molecule has 1 aliphatic carbocycles. The van der Waals surface area contributed by atoms with E-state index in [9.17, 15) is 0 Å². The van der Waals surface area contributed by atoms with Crippen LogP contribution in [0.3, 0.4) is 0 Å². The zero-order valence-corrected chi connectivity index (χ0v) is 19.1. The largest absolute Gasteiger partial charge is 0.268 e. The normalized spacial score (nSPS) is 15.0.